The van der Waals surface area contributed by atoms with E-state index in [-0.39, 0.29) is 12.2 Å². The Hall–Kier alpha value is -0.670. The highest BCUT2D eigenvalue weighted by atomic mass is 32.2. The van der Waals surface area contributed by atoms with Crippen LogP contribution in [0, 0.1) is 0 Å². The van der Waals surface area contributed by atoms with Gasteiger partial charge in [-0.25, -0.2) is 0 Å². The molecule has 0 amide bonds. The van der Waals surface area contributed by atoms with E-state index in [1.807, 2.05) is 10.8 Å². The molecule has 3 atom stereocenters. The van der Waals surface area contributed by atoms with Crippen molar-refractivity contribution in [2.24, 2.45) is 0 Å². The number of fused-ring (bicyclic) bond motifs is 1. The molecule has 0 aromatic carbocycles. The molecule has 0 aliphatic carbocycles. The van der Waals surface area contributed by atoms with Crippen LogP contribution in [-0.2, 0) is 20.3 Å². The van der Waals surface area contributed by atoms with Crippen LogP contribution in [0.15, 0.2) is 10.8 Å². The number of hydrogen-bond donors (Lipinski definition) is 1. The second-order valence-electron chi connectivity index (χ2n) is 4.14. The van der Waals surface area contributed by atoms with Crippen molar-refractivity contribution in [2.75, 3.05) is 19.8 Å². The first-order valence-electron chi connectivity index (χ1n) is 5.86. The molecular weight excluding hydrogens is 292 g/mol. The first-order chi connectivity index (χ1) is 9.15. The van der Waals surface area contributed by atoms with Crippen LogP contribution in [0.25, 0.3) is 0 Å². The fourth-order valence-corrected chi connectivity index (χ4v) is 2.64. The van der Waals surface area contributed by atoms with Gasteiger partial charge in [-0.2, -0.15) is 4.21 Å². The summed E-state index contributed by atoms with van der Waals surface area (Å²) in [7, 11) is 0. The highest BCUT2D eigenvalue weighted by Crippen LogP contribution is 2.35. The van der Waals surface area contributed by atoms with E-state index in [1.165, 1.54) is 11.3 Å². The zero-order valence-corrected chi connectivity index (χ0v) is 12.1. The van der Waals surface area contributed by atoms with Crippen LogP contribution >= 0.6 is 11.3 Å². The summed E-state index contributed by atoms with van der Waals surface area (Å²) in [4.78, 5) is 0. The smallest absolute Gasteiger partial charge is 0.302 e. The van der Waals surface area contributed by atoms with Crippen molar-refractivity contribution in [1.82, 2.24) is 0 Å². The van der Waals surface area contributed by atoms with Crippen LogP contribution in [0.5, 0.6) is 11.5 Å². The van der Waals surface area contributed by atoms with Gasteiger partial charge in [0.2, 0.25) is 0 Å². The molecule has 0 radical (unpaired) electrons. The minimum atomic E-state index is -2.22. The maximum Gasteiger partial charge on any atom is 0.302 e. The van der Waals surface area contributed by atoms with Gasteiger partial charge in [-0.15, -0.1) is 11.3 Å². The summed E-state index contributed by atoms with van der Waals surface area (Å²) in [5, 5.41) is 3.80. The first kappa shape index (κ1) is 14.7. The van der Waals surface area contributed by atoms with Gasteiger partial charge in [0.15, 0.2) is 17.6 Å². The minimum Gasteiger partial charge on any atom is -0.485 e. The van der Waals surface area contributed by atoms with Gasteiger partial charge in [0.25, 0.3) is 0 Å². The third-order valence-corrected chi connectivity index (χ3v) is 3.72. The predicted molar refractivity (Wildman–Crippen MR) is 71.0 cm³/mol. The number of thiophene rings is 1. The van der Waals surface area contributed by atoms with Gasteiger partial charge in [0.1, 0.15) is 6.61 Å². The fraction of sp³-hybridized carbons (Fsp3) is 0.636. The molecular formula is C11H16O6S2. The first-order valence-corrected chi connectivity index (χ1v) is 7.84. The summed E-state index contributed by atoms with van der Waals surface area (Å²) in [6.45, 7) is 3.05. The normalized spacial score (nSPS) is 21.1. The molecule has 2 rings (SSSR count). The molecule has 0 saturated heterocycles. The molecule has 0 saturated carbocycles. The monoisotopic (exact) mass is 308 g/mol. The van der Waals surface area contributed by atoms with E-state index in [0.717, 1.165) is 11.5 Å². The summed E-state index contributed by atoms with van der Waals surface area (Å²) in [5.41, 5.74) is 0. The summed E-state index contributed by atoms with van der Waals surface area (Å²) in [5.74, 6) is 1.55. The second kappa shape index (κ2) is 7.20. The molecule has 108 valence electrons. The van der Waals surface area contributed by atoms with Crippen molar-refractivity contribution in [1.29, 1.82) is 0 Å². The average molecular weight is 308 g/mol. The molecule has 0 spiro atoms. The van der Waals surface area contributed by atoms with E-state index in [0.29, 0.717) is 26.2 Å². The predicted octanol–water partition coefficient (Wildman–Crippen LogP) is 1.84. The lowest BCUT2D eigenvalue weighted by molar-refractivity contribution is 0.00306. The molecule has 8 heteroatoms. The Morgan fingerprint density at radius 2 is 2.37 bits per heavy atom. The topological polar surface area (TPSA) is 74.2 Å². The van der Waals surface area contributed by atoms with Gasteiger partial charge in [-0.3, -0.25) is 8.74 Å². The lowest BCUT2D eigenvalue weighted by Crippen LogP contribution is -2.33. The molecule has 3 unspecified atom stereocenters. The van der Waals surface area contributed by atoms with Crippen molar-refractivity contribution in [3.8, 4) is 11.5 Å². The Morgan fingerprint density at radius 3 is 3.16 bits per heavy atom. The molecule has 2 heterocycles. The van der Waals surface area contributed by atoms with E-state index in [2.05, 4.69) is 4.18 Å². The highest BCUT2D eigenvalue weighted by Gasteiger charge is 2.21. The quantitative estimate of drug-likeness (QED) is 0.612. The lowest BCUT2D eigenvalue weighted by Gasteiger charge is -2.24. The van der Waals surface area contributed by atoms with Gasteiger partial charge in [0.05, 0.1) is 12.7 Å². The fourth-order valence-electron chi connectivity index (χ4n) is 1.60. The molecule has 0 bridgehead atoms. The molecule has 1 aliphatic rings. The van der Waals surface area contributed by atoms with E-state index in [4.69, 9.17) is 18.8 Å². The van der Waals surface area contributed by atoms with Gasteiger partial charge >= 0.3 is 11.4 Å². The Morgan fingerprint density at radius 1 is 1.58 bits per heavy atom. The van der Waals surface area contributed by atoms with Gasteiger partial charge in [0, 0.05) is 17.4 Å². The zero-order chi connectivity index (χ0) is 13.7. The minimum absolute atomic E-state index is 0.120. The largest absolute Gasteiger partial charge is 0.485 e. The van der Waals surface area contributed by atoms with Gasteiger partial charge < -0.3 is 14.2 Å². The maximum atomic E-state index is 10.4. The summed E-state index contributed by atoms with van der Waals surface area (Å²) in [6.07, 6.45) is 0.104. The van der Waals surface area contributed by atoms with Crippen LogP contribution in [0.1, 0.15) is 13.3 Å². The lowest BCUT2D eigenvalue weighted by atomic mass is 10.3. The molecule has 6 nitrogen and oxygen atoms in total. The van der Waals surface area contributed by atoms with Crippen LogP contribution in [0.3, 0.4) is 0 Å². The summed E-state index contributed by atoms with van der Waals surface area (Å²) < 4.78 is 40.2. The standard InChI is InChI=1S/C11H16O6S2/c1-8(17-19(12)13)2-3-14-4-9-5-15-10-6-18-7-11(10)16-9/h6-9H,2-5H2,1H3,(H,12,13). The molecule has 19 heavy (non-hydrogen) atoms. The van der Waals surface area contributed by atoms with E-state index >= 15 is 0 Å². The second-order valence-corrected chi connectivity index (χ2v) is 5.51. The highest BCUT2D eigenvalue weighted by molar-refractivity contribution is 7.74. The van der Waals surface area contributed by atoms with E-state index < -0.39 is 11.4 Å². The molecule has 0 fully saturated rings. The number of ether oxygens (including phenoxy) is 3. The third-order valence-electron chi connectivity index (χ3n) is 2.53. The van der Waals surface area contributed by atoms with Crippen LogP contribution in [-0.4, -0.2) is 40.8 Å². The number of hydrogen-bond acceptors (Lipinski definition) is 6. The van der Waals surface area contributed by atoms with Crippen LogP contribution in [0.4, 0.5) is 0 Å². The van der Waals surface area contributed by atoms with Crippen molar-refractivity contribution in [2.45, 2.75) is 25.6 Å². The maximum absolute atomic E-state index is 10.4. The summed E-state index contributed by atoms with van der Waals surface area (Å²) in [6, 6.07) is 0. The SMILES string of the molecule is CC(CCOCC1COc2cscc2O1)OS(=O)O. The summed E-state index contributed by atoms with van der Waals surface area (Å²) >= 11 is -0.689. The molecule has 1 aromatic heterocycles. The third kappa shape index (κ3) is 4.73. The Balaban J connectivity index is 1.61. The Bertz CT molecular complexity index is 421. The molecule has 1 aromatic rings. The Kier molecular flexibility index (Phi) is 5.59. The van der Waals surface area contributed by atoms with Crippen LogP contribution in [0.2, 0.25) is 0 Å². The van der Waals surface area contributed by atoms with Crippen molar-refractivity contribution < 1.29 is 27.2 Å². The average Bonchev–Trinajstić information content (AvgIpc) is 2.81. The van der Waals surface area contributed by atoms with Gasteiger partial charge in [-0.05, 0) is 13.3 Å². The van der Waals surface area contributed by atoms with Crippen molar-refractivity contribution in [3.05, 3.63) is 10.8 Å². The van der Waals surface area contributed by atoms with E-state index in [1.54, 1.807) is 6.92 Å². The van der Waals surface area contributed by atoms with Gasteiger partial charge in [-0.1, -0.05) is 0 Å². The van der Waals surface area contributed by atoms with Crippen molar-refractivity contribution >= 4 is 22.7 Å². The van der Waals surface area contributed by atoms with Crippen LogP contribution < -0.4 is 9.47 Å². The van der Waals surface area contributed by atoms with Crippen molar-refractivity contribution in [3.63, 3.8) is 0 Å². The Labute approximate surface area is 118 Å². The molecule has 1 aliphatic heterocycles. The zero-order valence-electron chi connectivity index (χ0n) is 10.4. The van der Waals surface area contributed by atoms with E-state index in [9.17, 15) is 4.21 Å². The number of rotatable bonds is 7. The molecule has 1 N–H and O–H groups in total.